The molecule has 0 aliphatic carbocycles. The van der Waals surface area contributed by atoms with Gasteiger partial charge in [0.1, 0.15) is 0 Å². The first-order valence-corrected chi connectivity index (χ1v) is 7.49. The van der Waals surface area contributed by atoms with Gasteiger partial charge in [-0.3, -0.25) is 4.99 Å². The molecule has 2 N–H and O–H groups in total. The number of terminal acetylenes is 1. The summed E-state index contributed by atoms with van der Waals surface area (Å²) in [6, 6.07) is 8.44. The van der Waals surface area contributed by atoms with Crippen molar-refractivity contribution < 1.29 is 0 Å². The van der Waals surface area contributed by atoms with Gasteiger partial charge in [0, 0.05) is 25.3 Å². The van der Waals surface area contributed by atoms with E-state index >= 15 is 0 Å². The minimum atomic E-state index is 0. The van der Waals surface area contributed by atoms with E-state index in [2.05, 4.69) is 64.6 Å². The smallest absolute Gasteiger partial charge is 0.192 e. The molecule has 0 aliphatic rings. The average molecular weight is 414 g/mol. The number of hydrogen-bond donors (Lipinski definition) is 2. The lowest BCUT2D eigenvalue weighted by Gasteiger charge is -2.24. The number of hydrogen-bond acceptors (Lipinski definition) is 2. The molecule has 22 heavy (non-hydrogen) atoms. The lowest BCUT2D eigenvalue weighted by atomic mass is 10.2. The Bertz CT molecular complexity index is 494. The van der Waals surface area contributed by atoms with Crippen LogP contribution in [-0.4, -0.2) is 38.7 Å². The number of nitrogens with zero attached hydrogens (tertiary/aromatic N) is 2. The number of anilines is 1. The number of likely N-dealkylation sites (N-methyl/N-ethyl adjacent to an activating group) is 1. The summed E-state index contributed by atoms with van der Waals surface area (Å²) in [7, 11) is 0. The highest BCUT2D eigenvalue weighted by molar-refractivity contribution is 14.0. The molecule has 0 atom stereocenters. The summed E-state index contributed by atoms with van der Waals surface area (Å²) in [4.78, 5) is 6.89. The molecule has 122 valence electrons. The van der Waals surface area contributed by atoms with Crippen LogP contribution in [-0.2, 0) is 0 Å². The van der Waals surface area contributed by atoms with Crippen LogP contribution in [0.4, 0.5) is 5.69 Å². The molecule has 0 amide bonds. The van der Waals surface area contributed by atoms with Crippen LogP contribution in [0.25, 0.3) is 0 Å². The normalized spacial score (nSPS) is 10.4. The number of rotatable bonds is 7. The van der Waals surface area contributed by atoms with Crippen LogP contribution in [0.2, 0.25) is 0 Å². The first-order valence-electron chi connectivity index (χ1n) is 7.49. The molecule has 0 bridgehead atoms. The maximum Gasteiger partial charge on any atom is 0.192 e. The highest BCUT2D eigenvalue weighted by Crippen LogP contribution is 2.18. The molecule has 5 heteroatoms. The third-order valence-electron chi connectivity index (χ3n) is 3.18. The molecular formula is C17H27IN4. The fourth-order valence-corrected chi connectivity index (χ4v) is 2.13. The van der Waals surface area contributed by atoms with E-state index in [1.54, 1.807) is 0 Å². The van der Waals surface area contributed by atoms with E-state index < -0.39 is 0 Å². The number of aliphatic imine (C=N–C) groups is 1. The summed E-state index contributed by atoms with van der Waals surface area (Å²) >= 11 is 0. The second kappa shape index (κ2) is 12.2. The van der Waals surface area contributed by atoms with Gasteiger partial charge in [-0.2, -0.15) is 0 Å². The minimum Gasteiger partial charge on any atom is -0.370 e. The van der Waals surface area contributed by atoms with Crippen molar-refractivity contribution in [1.29, 1.82) is 0 Å². The molecule has 0 aliphatic heterocycles. The Balaban J connectivity index is 0.00000441. The van der Waals surface area contributed by atoms with Gasteiger partial charge in [0.15, 0.2) is 5.96 Å². The van der Waals surface area contributed by atoms with Gasteiger partial charge in [-0.15, -0.1) is 30.4 Å². The van der Waals surface area contributed by atoms with Crippen LogP contribution in [0.5, 0.6) is 0 Å². The summed E-state index contributed by atoms with van der Waals surface area (Å²) in [6.07, 6.45) is 5.26. The Kier molecular flexibility index (Phi) is 11.4. The lowest BCUT2D eigenvalue weighted by molar-refractivity contribution is 0.797. The molecule has 1 rings (SSSR count). The highest BCUT2D eigenvalue weighted by atomic mass is 127. The van der Waals surface area contributed by atoms with Gasteiger partial charge in [-0.05, 0) is 32.4 Å². The summed E-state index contributed by atoms with van der Waals surface area (Å²) in [6.45, 7) is 10.2. The van der Waals surface area contributed by atoms with Crippen molar-refractivity contribution in [1.82, 2.24) is 10.6 Å². The van der Waals surface area contributed by atoms with Gasteiger partial charge in [-0.25, -0.2) is 0 Å². The van der Waals surface area contributed by atoms with E-state index in [-0.39, 0.29) is 24.0 Å². The Morgan fingerprint density at radius 2 is 2.00 bits per heavy atom. The Morgan fingerprint density at radius 3 is 2.59 bits per heavy atom. The monoisotopic (exact) mass is 414 g/mol. The largest absolute Gasteiger partial charge is 0.370 e. The fourth-order valence-electron chi connectivity index (χ4n) is 2.13. The molecule has 0 aromatic heterocycles. The zero-order valence-corrected chi connectivity index (χ0v) is 16.1. The standard InChI is InChI=1S/C17H26N4.HI/c1-5-12-19-17(18-6-2)20-13-14-21(7-3)16-11-9-8-10-15(16)4;/h1,8-11H,6-7,12-14H2,2-4H3,(H2,18,19,20);1H. The van der Waals surface area contributed by atoms with Gasteiger partial charge < -0.3 is 15.5 Å². The lowest BCUT2D eigenvalue weighted by Crippen LogP contribution is -2.38. The van der Waals surface area contributed by atoms with E-state index in [0.29, 0.717) is 6.54 Å². The molecule has 1 aromatic carbocycles. The average Bonchev–Trinajstić information content (AvgIpc) is 2.50. The number of para-hydroxylation sites is 1. The minimum absolute atomic E-state index is 0. The number of guanidine groups is 1. The van der Waals surface area contributed by atoms with Crippen molar-refractivity contribution in [2.75, 3.05) is 37.6 Å². The molecule has 0 saturated carbocycles. The summed E-state index contributed by atoms with van der Waals surface area (Å²) in [5.41, 5.74) is 2.57. The molecule has 0 heterocycles. The van der Waals surface area contributed by atoms with Crippen molar-refractivity contribution in [3.63, 3.8) is 0 Å². The molecule has 0 spiro atoms. The summed E-state index contributed by atoms with van der Waals surface area (Å²) in [5, 5.41) is 6.28. The SMILES string of the molecule is C#CCNC(=NCCN(CC)c1ccccc1C)NCC.I. The molecule has 0 saturated heterocycles. The zero-order valence-electron chi connectivity index (χ0n) is 13.7. The van der Waals surface area contributed by atoms with E-state index in [0.717, 1.165) is 32.1 Å². The Labute approximate surface area is 151 Å². The van der Waals surface area contributed by atoms with Gasteiger partial charge in [0.05, 0.1) is 13.1 Å². The molecule has 0 radical (unpaired) electrons. The van der Waals surface area contributed by atoms with Crippen LogP contribution >= 0.6 is 24.0 Å². The summed E-state index contributed by atoms with van der Waals surface area (Å²) < 4.78 is 0. The maximum atomic E-state index is 5.26. The zero-order chi connectivity index (χ0) is 15.5. The molecular weight excluding hydrogens is 387 g/mol. The molecule has 1 aromatic rings. The van der Waals surface area contributed by atoms with Crippen LogP contribution in [0.3, 0.4) is 0 Å². The van der Waals surface area contributed by atoms with Crippen LogP contribution in [0.1, 0.15) is 19.4 Å². The van der Waals surface area contributed by atoms with Gasteiger partial charge >= 0.3 is 0 Å². The van der Waals surface area contributed by atoms with E-state index in [4.69, 9.17) is 6.42 Å². The number of nitrogens with one attached hydrogen (secondary N) is 2. The topological polar surface area (TPSA) is 39.7 Å². The van der Waals surface area contributed by atoms with Crippen LogP contribution in [0, 0.1) is 19.3 Å². The fraction of sp³-hybridized carbons (Fsp3) is 0.471. The molecule has 0 fully saturated rings. The first-order chi connectivity index (χ1) is 10.2. The van der Waals surface area contributed by atoms with E-state index in [9.17, 15) is 0 Å². The molecule has 4 nitrogen and oxygen atoms in total. The maximum absolute atomic E-state index is 5.26. The number of benzene rings is 1. The van der Waals surface area contributed by atoms with Crippen molar-refractivity contribution in [3.05, 3.63) is 29.8 Å². The third-order valence-corrected chi connectivity index (χ3v) is 3.18. The van der Waals surface area contributed by atoms with Crippen molar-refractivity contribution in [2.45, 2.75) is 20.8 Å². The summed E-state index contributed by atoms with van der Waals surface area (Å²) in [5.74, 6) is 3.33. The first kappa shape index (κ1) is 20.6. The van der Waals surface area contributed by atoms with Gasteiger partial charge in [-0.1, -0.05) is 24.1 Å². The third kappa shape index (κ3) is 7.03. The van der Waals surface area contributed by atoms with Crippen LogP contribution < -0.4 is 15.5 Å². The highest BCUT2D eigenvalue weighted by Gasteiger charge is 2.06. The van der Waals surface area contributed by atoms with Crippen molar-refractivity contribution in [2.24, 2.45) is 4.99 Å². The predicted molar refractivity (Wildman–Crippen MR) is 107 cm³/mol. The second-order valence-corrected chi connectivity index (χ2v) is 4.68. The quantitative estimate of drug-likeness (QED) is 0.312. The molecule has 0 unspecified atom stereocenters. The Hall–Kier alpha value is -1.42. The van der Waals surface area contributed by atoms with Gasteiger partial charge in [0.2, 0.25) is 0 Å². The van der Waals surface area contributed by atoms with Gasteiger partial charge in [0.25, 0.3) is 0 Å². The van der Waals surface area contributed by atoms with E-state index in [1.807, 2.05) is 6.92 Å². The van der Waals surface area contributed by atoms with Crippen LogP contribution in [0.15, 0.2) is 29.3 Å². The van der Waals surface area contributed by atoms with Crippen molar-refractivity contribution >= 4 is 35.6 Å². The van der Waals surface area contributed by atoms with E-state index in [1.165, 1.54) is 11.3 Å². The number of halogens is 1. The second-order valence-electron chi connectivity index (χ2n) is 4.68. The predicted octanol–water partition coefficient (Wildman–Crippen LogP) is 2.63. The Morgan fingerprint density at radius 1 is 1.27 bits per heavy atom. The van der Waals surface area contributed by atoms with Crippen molar-refractivity contribution in [3.8, 4) is 12.3 Å². The number of aryl methyl sites for hydroxylation is 1.